The summed E-state index contributed by atoms with van der Waals surface area (Å²) in [5, 5.41) is 15.2. The maximum atomic E-state index is 10.2. The average Bonchev–Trinajstić information content (AvgIpc) is 2.60. The van der Waals surface area contributed by atoms with E-state index in [2.05, 4.69) is 11.1 Å². The fourth-order valence-corrected chi connectivity index (χ4v) is 2.29. The van der Waals surface area contributed by atoms with Gasteiger partial charge in [-0.25, -0.2) is 4.18 Å². The standard InChI is InChI=1S/C12H26O4S.C4H10O.C2H6O2/c1-2-3-4-5-6-7-8-9-10-11-12-16-17(13,14)15;1-3-5-4-2;3-1-2-4/h2-12H2,1H3,(H,13,14,15);3-4H2,1-2H3;3-4H,1-2H2. The van der Waals surface area contributed by atoms with Crippen LogP contribution in [0.5, 0.6) is 0 Å². The van der Waals surface area contributed by atoms with Gasteiger partial charge in [-0.1, -0.05) is 64.7 Å². The van der Waals surface area contributed by atoms with Crippen molar-refractivity contribution in [3.63, 3.8) is 0 Å². The van der Waals surface area contributed by atoms with Crippen LogP contribution < -0.4 is 0 Å². The van der Waals surface area contributed by atoms with E-state index < -0.39 is 10.4 Å². The minimum Gasteiger partial charge on any atom is -0.394 e. The fraction of sp³-hybridized carbons (Fsp3) is 1.00. The highest BCUT2D eigenvalue weighted by molar-refractivity contribution is 7.80. The molecule has 0 aliphatic carbocycles. The predicted octanol–water partition coefficient (Wildman–Crippen LogP) is 3.74. The molecule has 0 heterocycles. The van der Waals surface area contributed by atoms with E-state index in [0.717, 1.165) is 26.1 Å². The molecule has 0 aliphatic rings. The van der Waals surface area contributed by atoms with E-state index in [9.17, 15) is 8.42 Å². The average molecular weight is 403 g/mol. The summed E-state index contributed by atoms with van der Waals surface area (Å²) >= 11 is 0. The Bertz CT molecular complexity index is 318. The van der Waals surface area contributed by atoms with Crippen molar-refractivity contribution in [2.75, 3.05) is 33.0 Å². The summed E-state index contributed by atoms with van der Waals surface area (Å²) in [6, 6.07) is 0. The van der Waals surface area contributed by atoms with Crippen LogP contribution in [0.2, 0.25) is 0 Å². The molecule has 0 saturated carbocycles. The van der Waals surface area contributed by atoms with Crippen LogP contribution in [-0.2, 0) is 19.3 Å². The highest BCUT2D eigenvalue weighted by Gasteiger charge is 2.02. The van der Waals surface area contributed by atoms with Crippen molar-refractivity contribution < 1.29 is 32.1 Å². The summed E-state index contributed by atoms with van der Waals surface area (Å²) in [6.45, 7) is 7.73. The molecular weight excluding hydrogens is 360 g/mol. The number of unbranched alkanes of at least 4 members (excludes halogenated alkanes) is 9. The monoisotopic (exact) mass is 402 g/mol. The molecule has 0 unspecified atom stereocenters. The minimum atomic E-state index is -4.23. The molecule has 0 rings (SSSR count). The van der Waals surface area contributed by atoms with Crippen LogP contribution in [0.15, 0.2) is 0 Å². The Morgan fingerprint density at radius 1 is 0.692 bits per heavy atom. The van der Waals surface area contributed by atoms with E-state index >= 15 is 0 Å². The van der Waals surface area contributed by atoms with Crippen LogP contribution in [0, 0.1) is 0 Å². The zero-order valence-electron chi connectivity index (χ0n) is 17.0. The summed E-state index contributed by atoms with van der Waals surface area (Å²) < 4.78 is 37.8. The summed E-state index contributed by atoms with van der Waals surface area (Å²) in [5.41, 5.74) is 0. The molecule has 0 fully saturated rings. The Kier molecular flexibility index (Phi) is 31.6. The van der Waals surface area contributed by atoms with Crippen LogP contribution in [0.25, 0.3) is 0 Å². The van der Waals surface area contributed by atoms with Crippen LogP contribution in [-0.4, -0.2) is 56.2 Å². The zero-order chi connectivity index (χ0) is 20.5. The molecule has 0 aromatic rings. The molecule has 162 valence electrons. The van der Waals surface area contributed by atoms with E-state index in [4.69, 9.17) is 19.5 Å². The third kappa shape index (κ3) is 43.8. The van der Waals surface area contributed by atoms with Gasteiger partial charge in [0.25, 0.3) is 0 Å². The number of rotatable bonds is 15. The van der Waals surface area contributed by atoms with Crippen LogP contribution in [0.1, 0.15) is 85.0 Å². The molecule has 0 spiro atoms. The van der Waals surface area contributed by atoms with Crippen molar-refractivity contribution in [3.05, 3.63) is 0 Å². The molecule has 8 heteroatoms. The molecular formula is C18H42O7S. The third-order valence-corrected chi connectivity index (χ3v) is 3.70. The normalized spacial score (nSPS) is 10.5. The van der Waals surface area contributed by atoms with Crippen LogP contribution in [0.4, 0.5) is 0 Å². The number of hydrogen-bond acceptors (Lipinski definition) is 6. The highest BCUT2D eigenvalue weighted by Crippen LogP contribution is 2.10. The first-order valence-electron chi connectivity index (χ1n) is 9.80. The van der Waals surface area contributed by atoms with Gasteiger partial charge in [0, 0.05) is 13.2 Å². The summed E-state index contributed by atoms with van der Waals surface area (Å²) in [6.07, 6.45) is 11.9. The fourth-order valence-electron chi connectivity index (χ4n) is 1.96. The predicted molar refractivity (Wildman–Crippen MR) is 106 cm³/mol. The second-order valence-electron chi connectivity index (χ2n) is 5.66. The molecule has 0 saturated heterocycles. The van der Waals surface area contributed by atoms with Gasteiger partial charge in [-0.3, -0.25) is 4.55 Å². The van der Waals surface area contributed by atoms with Gasteiger partial charge in [0.2, 0.25) is 0 Å². The van der Waals surface area contributed by atoms with E-state index in [-0.39, 0.29) is 19.8 Å². The lowest BCUT2D eigenvalue weighted by Crippen LogP contribution is -2.04. The first-order chi connectivity index (χ1) is 12.4. The van der Waals surface area contributed by atoms with Crippen molar-refractivity contribution in [2.45, 2.75) is 85.0 Å². The Hall–Kier alpha value is -0.250. The van der Waals surface area contributed by atoms with Crippen molar-refractivity contribution >= 4 is 10.4 Å². The molecule has 0 atom stereocenters. The summed E-state index contributed by atoms with van der Waals surface area (Å²) in [4.78, 5) is 0. The number of hydrogen-bond donors (Lipinski definition) is 3. The Balaban J connectivity index is -0.000000484. The molecule has 0 aromatic heterocycles. The van der Waals surface area contributed by atoms with Crippen LogP contribution in [0.3, 0.4) is 0 Å². The molecule has 0 aliphatic heterocycles. The Labute approximate surface area is 161 Å². The van der Waals surface area contributed by atoms with E-state index in [1.54, 1.807) is 0 Å². The first kappa shape index (κ1) is 30.5. The molecule has 0 bridgehead atoms. The van der Waals surface area contributed by atoms with Gasteiger partial charge in [-0.15, -0.1) is 0 Å². The lowest BCUT2D eigenvalue weighted by molar-refractivity contribution is 0.162. The van der Waals surface area contributed by atoms with Crippen molar-refractivity contribution in [1.82, 2.24) is 0 Å². The van der Waals surface area contributed by atoms with Gasteiger partial charge < -0.3 is 14.9 Å². The summed E-state index contributed by atoms with van der Waals surface area (Å²) in [5.74, 6) is 0. The smallest absolute Gasteiger partial charge is 0.394 e. The molecule has 26 heavy (non-hydrogen) atoms. The van der Waals surface area contributed by atoms with Crippen molar-refractivity contribution in [2.24, 2.45) is 0 Å². The van der Waals surface area contributed by atoms with Gasteiger partial charge in [0.1, 0.15) is 0 Å². The van der Waals surface area contributed by atoms with Gasteiger partial charge in [0.15, 0.2) is 0 Å². The largest absolute Gasteiger partial charge is 0.397 e. The van der Waals surface area contributed by atoms with Crippen LogP contribution >= 0.6 is 0 Å². The second kappa shape index (κ2) is 27.0. The Morgan fingerprint density at radius 3 is 1.35 bits per heavy atom. The quantitative estimate of drug-likeness (QED) is 0.282. The van der Waals surface area contributed by atoms with E-state index in [1.807, 2.05) is 13.8 Å². The number of ether oxygens (including phenoxy) is 1. The van der Waals surface area contributed by atoms with Gasteiger partial charge in [-0.05, 0) is 20.3 Å². The van der Waals surface area contributed by atoms with Crippen molar-refractivity contribution in [3.8, 4) is 0 Å². The maximum absolute atomic E-state index is 10.2. The lowest BCUT2D eigenvalue weighted by atomic mass is 10.1. The maximum Gasteiger partial charge on any atom is 0.397 e. The van der Waals surface area contributed by atoms with Gasteiger partial charge in [0.05, 0.1) is 19.8 Å². The number of aliphatic hydroxyl groups excluding tert-OH is 2. The molecule has 0 aromatic carbocycles. The van der Waals surface area contributed by atoms with Gasteiger partial charge >= 0.3 is 10.4 Å². The first-order valence-corrected chi connectivity index (χ1v) is 11.2. The lowest BCUT2D eigenvalue weighted by Gasteiger charge is -2.02. The van der Waals surface area contributed by atoms with E-state index in [1.165, 1.54) is 44.9 Å². The number of aliphatic hydroxyl groups is 2. The van der Waals surface area contributed by atoms with Crippen molar-refractivity contribution in [1.29, 1.82) is 0 Å². The van der Waals surface area contributed by atoms with Gasteiger partial charge in [-0.2, -0.15) is 8.42 Å². The topological polar surface area (TPSA) is 113 Å². The summed E-state index contributed by atoms with van der Waals surface area (Å²) in [7, 11) is -4.23. The third-order valence-electron chi connectivity index (χ3n) is 3.24. The molecule has 0 radical (unpaired) electrons. The molecule has 0 amide bonds. The zero-order valence-corrected chi connectivity index (χ0v) is 17.8. The Morgan fingerprint density at radius 2 is 1.08 bits per heavy atom. The van der Waals surface area contributed by atoms with E-state index in [0.29, 0.717) is 6.42 Å². The minimum absolute atomic E-state index is 0.0926. The second-order valence-corrected chi connectivity index (χ2v) is 6.75. The highest BCUT2D eigenvalue weighted by atomic mass is 32.3. The molecule has 7 nitrogen and oxygen atoms in total. The molecule has 3 N–H and O–H groups in total. The SMILES string of the molecule is CCCCCCCCCCCCOS(=O)(=O)O.CCOCC.OCCO.